The molecule has 3 heteroatoms. The highest BCUT2D eigenvalue weighted by Gasteiger charge is 2.17. The summed E-state index contributed by atoms with van der Waals surface area (Å²) in [4.78, 5) is 1.15. The van der Waals surface area contributed by atoms with Crippen LogP contribution in [0.2, 0.25) is 5.02 Å². The molecule has 0 saturated heterocycles. The molecular weight excluding hydrogens is 262 g/mol. The van der Waals surface area contributed by atoms with Crippen LogP contribution in [0.3, 0.4) is 0 Å². The zero-order chi connectivity index (χ0) is 13.0. The quantitative estimate of drug-likeness (QED) is 0.832. The van der Waals surface area contributed by atoms with E-state index in [1.165, 1.54) is 5.56 Å². The van der Waals surface area contributed by atoms with E-state index in [9.17, 15) is 0 Å². The first-order valence-electron chi connectivity index (χ1n) is 5.89. The van der Waals surface area contributed by atoms with Gasteiger partial charge in [0.15, 0.2) is 0 Å². The van der Waals surface area contributed by atoms with Crippen molar-refractivity contribution in [3.05, 3.63) is 65.2 Å². The van der Waals surface area contributed by atoms with E-state index in [2.05, 4.69) is 18.2 Å². The Hall–Kier alpha value is -0.960. The summed E-state index contributed by atoms with van der Waals surface area (Å²) < 4.78 is 0. The van der Waals surface area contributed by atoms with Crippen LogP contribution in [-0.2, 0) is 0 Å². The van der Waals surface area contributed by atoms with Crippen LogP contribution in [0.25, 0.3) is 0 Å². The van der Waals surface area contributed by atoms with Crippen molar-refractivity contribution >= 4 is 23.4 Å². The first-order valence-corrected chi connectivity index (χ1v) is 7.15. The Morgan fingerprint density at radius 2 is 1.78 bits per heavy atom. The fourth-order valence-corrected chi connectivity index (χ4v) is 3.22. The van der Waals surface area contributed by atoms with Crippen molar-refractivity contribution in [1.29, 1.82) is 0 Å². The molecule has 1 nitrogen and oxygen atoms in total. The normalized spacial score (nSPS) is 14.2. The van der Waals surface area contributed by atoms with Gasteiger partial charge in [0.1, 0.15) is 0 Å². The Kier molecular flexibility index (Phi) is 4.70. The average molecular weight is 278 g/mol. The van der Waals surface area contributed by atoms with Gasteiger partial charge < -0.3 is 5.73 Å². The monoisotopic (exact) mass is 277 g/mol. The van der Waals surface area contributed by atoms with Gasteiger partial charge in [0.05, 0.1) is 0 Å². The minimum atomic E-state index is 0.0800. The average Bonchev–Trinajstić information content (AvgIpc) is 2.37. The van der Waals surface area contributed by atoms with Crippen molar-refractivity contribution in [2.45, 2.75) is 23.1 Å². The zero-order valence-corrected chi connectivity index (χ0v) is 11.8. The van der Waals surface area contributed by atoms with Crippen molar-refractivity contribution in [3.63, 3.8) is 0 Å². The number of rotatable bonds is 4. The molecule has 2 N–H and O–H groups in total. The van der Waals surface area contributed by atoms with Crippen LogP contribution in [0.5, 0.6) is 0 Å². The molecule has 0 heterocycles. The van der Waals surface area contributed by atoms with Crippen molar-refractivity contribution < 1.29 is 0 Å². The first kappa shape index (κ1) is 13.5. The summed E-state index contributed by atoms with van der Waals surface area (Å²) in [7, 11) is 0. The lowest BCUT2D eigenvalue weighted by Gasteiger charge is -2.20. The topological polar surface area (TPSA) is 26.0 Å². The molecule has 0 aliphatic carbocycles. The van der Waals surface area contributed by atoms with Crippen molar-refractivity contribution in [2.75, 3.05) is 0 Å². The summed E-state index contributed by atoms with van der Waals surface area (Å²) in [5.74, 6) is 0. The lowest BCUT2D eigenvalue weighted by molar-refractivity contribution is 0.721. The molecule has 0 fully saturated rings. The summed E-state index contributed by atoms with van der Waals surface area (Å²) in [6.45, 7) is 2.04. The van der Waals surface area contributed by atoms with Crippen LogP contribution in [-0.4, -0.2) is 6.04 Å². The van der Waals surface area contributed by atoms with Gasteiger partial charge >= 0.3 is 0 Å². The lowest BCUT2D eigenvalue weighted by atomic mass is 10.1. The van der Waals surface area contributed by atoms with Gasteiger partial charge in [-0.15, -0.1) is 11.8 Å². The third kappa shape index (κ3) is 3.52. The zero-order valence-electron chi connectivity index (χ0n) is 10.2. The van der Waals surface area contributed by atoms with Crippen LogP contribution in [0.15, 0.2) is 59.5 Å². The Balaban J connectivity index is 2.22. The lowest BCUT2D eigenvalue weighted by Crippen LogP contribution is -2.22. The smallest absolute Gasteiger partial charge is 0.0492 e. The second-order valence-electron chi connectivity index (χ2n) is 4.27. The molecule has 18 heavy (non-hydrogen) atoms. The number of nitrogens with two attached hydrogens (primary N) is 1. The van der Waals surface area contributed by atoms with E-state index in [1.807, 2.05) is 43.3 Å². The van der Waals surface area contributed by atoms with Gasteiger partial charge in [-0.25, -0.2) is 0 Å². The van der Waals surface area contributed by atoms with Gasteiger partial charge in [-0.3, -0.25) is 0 Å². The van der Waals surface area contributed by atoms with E-state index in [0.29, 0.717) is 0 Å². The maximum Gasteiger partial charge on any atom is 0.0492 e. The number of hydrogen-bond donors (Lipinski definition) is 1. The number of hydrogen-bond acceptors (Lipinski definition) is 2. The molecule has 0 aliphatic rings. The molecule has 2 unspecified atom stereocenters. The molecule has 0 aliphatic heterocycles. The number of halogens is 1. The summed E-state index contributed by atoms with van der Waals surface area (Å²) in [5.41, 5.74) is 7.35. The van der Waals surface area contributed by atoms with Crippen molar-refractivity contribution in [1.82, 2.24) is 0 Å². The molecule has 0 spiro atoms. The summed E-state index contributed by atoms with van der Waals surface area (Å²) >= 11 is 7.76. The minimum Gasteiger partial charge on any atom is -0.327 e. The van der Waals surface area contributed by atoms with Crippen LogP contribution in [0, 0.1) is 0 Å². The minimum absolute atomic E-state index is 0.0800. The summed E-state index contributed by atoms with van der Waals surface area (Å²) in [6, 6.07) is 18.3. The fraction of sp³-hybridized carbons (Fsp3) is 0.200. The van der Waals surface area contributed by atoms with Gasteiger partial charge in [0, 0.05) is 21.2 Å². The molecule has 2 aromatic rings. The highest BCUT2D eigenvalue weighted by molar-refractivity contribution is 7.99. The number of thioether (sulfide) groups is 1. The van der Waals surface area contributed by atoms with E-state index < -0.39 is 0 Å². The van der Waals surface area contributed by atoms with Gasteiger partial charge in [-0.1, -0.05) is 48.0 Å². The molecule has 0 amide bonds. The maximum absolute atomic E-state index is 6.10. The first-order chi connectivity index (χ1) is 8.66. The summed E-state index contributed by atoms with van der Waals surface area (Å²) in [5, 5.41) is 1.00. The standard InChI is InChI=1S/C15H16ClNS/c1-11(17)15(12-6-3-2-4-7-12)18-14-9-5-8-13(16)10-14/h2-11,15H,17H2,1H3. The van der Waals surface area contributed by atoms with Crippen LogP contribution in [0.4, 0.5) is 0 Å². The molecule has 0 bridgehead atoms. The Bertz CT molecular complexity index is 499. The van der Waals surface area contributed by atoms with Gasteiger partial charge in [0.2, 0.25) is 0 Å². The third-order valence-corrected chi connectivity index (χ3v) is 4.38. The predicted molar refractivity (Wildman–Crippen MR) is 80.1 cm³/mol. The van der Waals surface area contributed by atoms with Crippen LogP contribution in [0.1, 0.15) is 17.7 Å². The second-order valence-corrected chi connectivity index (χ2v) is 5.92. The maximum atomic E-state index is 6.10. The van der Waals surface area contributed by atoms with E-state index in [0.717, 1.165) is 9.92 Å². The van der Waals surface area contributed by atoms with Gasteiger partial charge in [-0.2, -0.15) is 0 Å². The Morgan fingerprint density at radius 3 is 2.39 bits per heavy atom. The molecule has 0 aromatic heterocycles. The second kappa shape index (κ2) is 6.28. The van der Waals surface area contributed by atoms with E-state index >= 15 is 0 Å². The SMILES string of the molecule is CC(N)C(Sc1cccc(Cl)c1)c1ccccc1. The predicted octanol–water partition coefficient (Wildman–Crippen LogP) is 4.52. The third-order valence-electron chi connectivity index (χ3n) is 2.66. The molecule has 2 rings (SSSR count). The van der Waals surface area contributed by atoms with Gasteiger partial charge in [0.25, 0.3) is 0 Å². The van der Waals surface area contributed by atoms with Crippen molar-refractivity contribution in [3.8, 4) is 0 Å². The molecule has 2 aromatic carbocycles. The Morgan fingerprint density at radius 1 is 1.06 bits per heavy atom. The van der Waals surface area contributed by atoms with Gasteiger partial charge in [-0.05, 0) is 30.7 Å². The highest BCUT2D eigenvalue weighted by atomic mass is 35.5. The largest absolute Gasteiger partial charge is 0.327 e. The van der Waals surface area contributed by atoms with Crippen LogP contribution >= 0.6 is 23.4 Å². The highest BCUT2D eigenvalue weighted by Crippen LogP contribution is 2.37. The van der Waals surface area contributed by atoms with Crippen LogP contribution < -0.4 is 5.73 Å². The molecule has 0 saturated carbocycles. The number of benzene rings is 2. The van der Waals surface area contributed by atoms with Crippen molar-refractivity contribution in [2.24, 2.45) is 5.73 Å². The molecule has 2 atom stereocenters. The summed E-state index contributed by atoms with van der Waals surface area (Å²) in [6.07, 6.45) is 0. The molecule has 94 valence electrons. The molecular formula is C15H16ClNS. The van der Waals surface area contributed by atoms with E-state index in [4.69, 9.17) is 17.3 Å². The van der Waals surface area contributed by atoms with E-state index in [-0.39, 0.29) is 11.3 Å². The Labute approximate surface area is 117 Å². The molecule has 0 radical (unpaired) electrons. The fourth-order valence-electron chi connectivity index (χ4n) is 1.81. The van der Waals surface area contributed by atoms with E-state index in [1.54, 1.807) is 11.8 Å².